The first-order valence-corrected chi connectivity index (χ1v) is 8.78. The van der Waals surface area contributed by atoms with Crippen molar-refractivity contribution in [1.29, 1.82) is 0 Å². The second-order valence-corrected chi connectivity index (χ2v) is 6.80. The molecule has 3 rings (SSSR count). The maximum Gasteiger partial charge on any atom is 0.418 e. The number of Topliss-reactive ketones (excluding diaryl/α,β-unsaturated/α-hetero) is 1. The van der Waals surface area contributed by atoms with Crippen LogP contribution in [0.15, 0.2) is 48.9 Å². The van der Waals surface area contributed by atoms with Crippen molar-refractivity contribution in [2.75, 3.05) is 11.9 Å². The van der Waals surface area contributed by atoms with E-state index in [9.17, 15) is 18.0 Å². The van der Waals surface area contributed by atoms with Crippen molar-refractivity contribution < 1.29 is 18.0 Å². The fraction of sp³-hybridized carbons (Fsp3) is 0.200. The molecule has 0 saturated heterocycles. The zero-order valence-corrected chi connectivity index (χ0v) is 15.9. The molecule has 1 heterocycles. The Balaban J connectivity index is 1.83. The van der Waals surface area contributed by atoms with E-state index < -0.39 is 11.7 Å². The van der Waals surface area contributed by atoms with Gasteiger partial charge in [0, 0.05) is 22.5 Å². The molecule has 3 aromatic rings. The molecule has 2 aromatic carbocycles. The van der Waals surface area contributed by atoms with Crippen LogP contribution in [0.1, 0.15) is 27.2 Å². The van der Waals surface area contributed by atoms with Crippen LogP contribution in [-0.4, -0.2) is 21.9 Å². The first-order chi connectivity index (χ1) is 13.1. The van der Waals surface area contributed by atoms with Crippen LogP contribution < -0.4 is 5.32 Å². The van der Waals surface area contributed by atoms with E-state index in [0.717, 1.165) is 11.6 Å². The van der Waals surface area contributed by atoms with Gasteiger partial charge < -0.3 is 9.88 Å². The van der Waals surface area contributed by atoms with Gasteiger partial charge in [0.25, 0.3) is 0 Å². The Morgan fingerprint density at radius 2 is 1.93 bits per heavy atom. The molecule has 0 aliphatic rings. The van der Waals surface area contributed by atoms with Crippen LogP contribution >= 0.6 is 11.6 Å². The number of imidazole rings is 1. The zero-order chi connectivity index (χ0) is 20.5. The highest BCUT2D eigenvalue weighted by molar-refractivity contribution is 6.31. The van der Waals surface area contributed by atoms with Crippen LogP contribution in [-0.2, 0) is 6.18 Å². The Morgan fingerprint density at radius 1 is 1.18 bits per heavy atom. The maximum atomic E-state index is 13.5. The average molecular weight is 408 g/mol. The SMILES string of the molecule is Cc1cn(-c2ccc(NCC(=O)c3ccc(Cl)c(C)c3)cc2C(F)(F)F)cn1. The van der Waals surface area contributed by atoms with Gasteiger partial charge in [-0.3, -0.25) is 4.79 Å². The summed E-state index contributed by atoms with van der Waals surface area (Å²) in [5.41, 5.74) is 1.16. The minimum Gasteiger partial charge on any atom is -0.378 e. The summed E-state index contributed by atoms with van der Waals surface area (Å²) < 4.78 is 41.9. The Hall–Kier alpha value is -2.80. The number of alkyl halides is 3. The summed E-state index contributed by atoms with van der Waals surface area (Å²) >= 11 is 5.95. The van der Waals surface area contributed by atoms with Gasteiger partial charge in [0.1, 0.15) is 0 Å². The van der Waals surface area contributed by atoms with Gasteiger partial charge in [-0.15, -0.1) is 0 Å². The highest BCUT2D eigenvalue weighted by atomic mass is 35.5. The van der Waals surface area contributed by atoms with Crippen LogP contribution in [0.4, 0.5) is 18.9 Å². The van der Waals surface area contributed by atoms with E-state index in [1.165, 1.54) is 29.2 Å². The molecular weight excluding hydrogens is 391 g/mol. The number of rotatable bonds is 5. The molecule has 0 atom stereocenters. The fourth-order valence-electron chi connectivity index (χ4n) is 2.75. The Kier molecular flexibility index (Phi) is 5.47. The molecule has 4 nitrogen and oxygen atoms in total. The van der Waals surface area contributed by atoms with Crippen molar-refractivity contribution in [1.82, 2.24) is 9.55 Å². The van der Waals surface area contributed by atoms with Gasteiger partial charge in [0.2, 0.25) is 0 Å². The average Bonchev–Trinajstić information content (AvgIpc) is 3.07. The lowest BCUT2D eigenvalue weighted by molar-refractivity contribution is -0.137. The van der Waals surface area contributed by atoms with Gasteiger partial charge in [-0.2, -0.15) is 13.2 Å². The number of carbonyl (C=O) groups excluding carboxylic acids is 1. The molecule has 146 valence electrons. The number of hydrogen-bond donors (Lipinski definition) is 1. The third kappa shape index (κ3) is 4.36. The van der Waals surface area contributed by atoms with Crippen molar-refractivity contribution in [3.63, 3.8) is 0 Å². The lowest BCUT2D eigenvalue weighted by Gasteiger charge is -2.16. The van der Waals surface area contributed by atoms with Crippen LogP contribution in [0.25, 0.3) is 5.69 Å². The summed E-state index contributed by atoms with van der Waals surface area (Å²) in [7, 11) is 0. The summed E-state index contributed by atoms with van der Waals surface area (Å²) in [6, 6.07) is 8.70. The van der Waals surface area contributed by atoms with Gasteiger partial charge in [0.05, 0.1) is 29.8 Å². The molecule has 0 bridgehead atoms. The second kappa shape index (κ2) is 7.67. The van der Waals surface area contributed by atoms with E-state index in [0.29, 0.717) is 16.3 Å². The number of aromatic nitrogens is 2. The fourth-order valence-corrected chi connectivity index (χ4v) is 2.87. The van der Waals surface area contributed by atoms with E-state index >= 15 is 0 Å². The third-order valence-corrected chi connectivity index (χ3v) is 4.65. The van der Waals surface area contributed by atoms with Crippen LogP contribution in [0.2, 0.25) is 5.02 Å². The Morgan fingerprint density at radius 3 is 2.54 bits per heavy atom. The van der Waals surface area contributed by atoms with Crippen LogP contribution in [0.3, 0.4) is 0 Å². The van der Waals surface area contributed by atoms with Crippen molar-refractivity contribution in [2.45, 2.75) is 20.0 Å². The number of anilines is 1. The number of aryl methyl sites for hydroxylation is 2. The Labute approximate surface area is 165 Å². The molecule has 28 heavy (non-hydrogen) atoms. The monoisotopic (exact) mass is 407 g/mol. The van der Waals surface area contributed by atoms with Crippen LogP contribution in [0.5, 0.6) is 0 Å². The highest BCUT2D eigenvalue weighted by Gasteiger charge is 2.34. The lowest BCUT2D eigenvalue weighted by Crippen LogP contribution is -2.16. The van der Waals surface area contributed by atoms with Crippen molar-refractivity contribution in [3.8, 4) is 5.69 Å². The van der Waals surface area contributed by atoms with E-state index in [4.69, 9.17) is 11.6 Å². The maximum absolute atomic E-state index is 13.5. The number of benzene rings is 2. The molecule has 0 aliphatic heterocycles. The van der Waals surface area contributed by atoms with Gasteiger partial charge in [-0.25, -0.2) is 4.98 Å². The lowest BCUT2D eigenvalue weighted by atomic mass is 10.1. The number of carbonyl (C=O) groups is 1. The van der Waals surface area contributed by atoms with Gasteiger partial charge in [-0.1, -0.05) is 11.6 Å². The highest BCUT2D eigenvalue weighted by Crippen LogP contribution is 2.35. The van der Waals surface area contributed by atoms with Gasteiger partial charge >= 0.3 is 6.18 Å². The standard InChI is InChI=1S/C20H17ClF3N3O/c1-12-7-14(3-5-17(12)21)19(28)9-25-15-4-6-18(16(8-15)20(22,23)24)27-10-13(2)26-11-27/h3-8,10-11,25H,9H2,1-2H3. The smallest absolute Gasteiger partial charge is 0.378 e. The first kappa shape index (κ1) is 19.9. The molecule has 0 unspecified atom stereocenters. The minimum absolute atomic E-state index is 0.0293. The molecule has 0 amide bonds. The largest absolute Gasteiger partial charge is 0.418 e. The number of nitrogens with one attached hydrogen (secondary N) is 1. The van der Waals surface area contributed by atoms with E-state index in [1.807, 2.05) is 0 Å². The summed E-state index contributed by atoms with van der Waals surface area (Å²) in [6.45, 7) is 3.34. The molecule has 1 aromatic heterocycles. The molecule has 0 radical (unpaired) electrons. The minimum atomic E-state index is -4.55. The van der Waals surface area contributed by atoms with E-state index in [-0.39, 0.29) is 23.7 Å². The molecule has 1 N–H and O–H groups in total. The van der Waals surface area contributed by atoms with Gasteiger partial charge in [-0.05, 0) is 55.8 Å². The molecule has 0 fully saturated rings. The predicted molar refractivity (Wildman–Crippen MR) is 102 cm³/mol. The molecule has 0 saturated carbocycles. The van der Waals surface area contributed by atoms with Gasteiger partial charge in [0.15, 0.2) is 5.78 Å². The normalized spacial score (nSPS) is 11.5. The molecule has 8 heteroatoms. The summed E-state index contributed by atoms with van der Waals surface area (Å²) in [6.07, 6.45) is -1.70. The number of hydrogen-bond acceptors (Lipinski definition) is 3. The zero-order valence-electron chi connectivity index (χ0n) is 15.1. The second-order valence-electron chi connectivity index (χ2n) is 6.39. The summed E-state index contributed by atoms with van der Waals surface area (Å²) in [5, 5.41) is 3.31. The van der Waals surface area contributed by atoms with Crippen molar-refractivity contribution >= 4 is 23.1 Å². The topological polar surface area (TPSA) is 46.9 Å². The first-order valence-electron chi connectivity index (χ1n) is 8.40. The number of nitrogens with zero attached hydrogens (tertiary/aromatic N) is 2. The Bertz CT molecular complexity index is 1030. The summed E-state index contributed by atoms with van der Waals surface area (Å²) in [5.74, 6) is -0.248. The van der Waals surface area contributed by atoms with E-state index in [2.05, 4.69) is 10.3 Å². The van der Waals surface area contributed by atoms with E-state index in [1.54, 1.807) is 32.0 Å². The van der Waals surface area contributed by atoms with Crippen LogP contribution in [0, 0.1) is 13.8 Å². The molecule has 0 aliphatic carbocycles. The number of halogens is 4. The quantitative estimate of drug-likeness (QED) is 0.571. The van der Waals surface area contributed by atoms with Crippen molar-refractivity contribution in [2.24, 2.45) is 0 Å². The number of ketones is 1. The molecule has 0 spiro atoms. The van der Waals surface area contributed by atoms with Crippen molar-refractivity contribution in [3.05, 3.63) is 76.3 Å². The molecular formula is C20H17ClF3N3O. The third-order valence-electron chi connectivity index (χ3n) is 4.22. The summed E-state index contributed by atoms with van der Waals surface area (Å²) in [4.78, 5) is 16.3. The predicted octanol–water partition coefficient (Wildman–Crippen LogP) is 5.46.